The molecule has 2 heterocycles. The van der Waals surface area contributed by atoms with Gasteiger partial charge in [0.2, 0.25) is 5.91 Å². The van der Waals surface area contributed by atoms with E-state index in [-0.39, 0.29) is 18.2 Å². The standard InChI is InChI=1S/C13H17N3O2/c1-10-2-3-15-11(6-10)7-12(17)9-16-5-4-14-8-13(16)18/h2-3,6,14H,4-5,7-9H2,1H3. The number of hydrogen-bond donors (Lipinski definition) is 1. The van der Waals surface area contributed by atoms with E-state index in [0.717, 1.165) is 17.8 Å². The molecule has 1 aliphatic heterocycles. The highest BCUT2D eigenvalue weighted by Crippen LogP contribution is 2.03. The van der Waals surface area contributed by atoms with Gasteiger partial charge in [-0.2, -0.15) is 0 Å². The number of carbonyl (C=O) groups is 2. The number of Topliss-reactive ketones (excluding diaryl/α,β-unsaturated/α-hetero) is 1. The van der Waals surface area contributed by atoms with Gasteiger partial charge in [-0.25, -0.2) is 0 Å². The molecule has 2 rings (SSSR count). The molecule has 0 radical (unpaired) electrons. The molecule has 1 aliphatic rings. The number of hydrogen-bond acceptors (Lipinski definition) is 4. The van der Waals surface area contributed by atoms with Crippen LogP contribution in [0, 0.1) is 6.92 Å². The Morgan fingerprint density at radius 3 is 3.11 bits per heavy atom. The van der Waals surface area contributed by atoms with Crippen molar-refractivity contribution in [3.63, 3.8) is 0 Å². The van der Waals surface area contributed by atoms with E-state index in [4.69, 9.17) is 0 Å². The molecule has 5 heteroatoms. The maximum Gasteiger partial charge on any atom is 0.236 e. The van der Waals surface area contributed by atoms with Crippen LogP contribution in [0.3, 0.4) is 0 Å². The molecule has 0 atom stereocenters. The van der Waals surface area contributed by atoms with Crippen LogP contribution in [0.1, 0.15) is 11.3 Å². The maximum atomic E-state index is 11.9. The molecular formula is C13H17N3O2. The smallest absolute Gasteiger partial charge is 0.236 e. The SMILES string of the molecule is Cc1ccnc(CC(=O)CN2CCNCC2=O)c1. The van der Waals surface area contributed by atoms with Crippen LogP contribution in [-0.2, 0) is 16.0 Å². The van der Waals surface area contributed by atoms with Crippen molar-refractivity contribution >= 4 is 11.7 Å². The molecule has 0 aromatic carbocycles. The van der Waals surface area contributed by atoms with Crippen molar-refractivity contribution in [2.75, 3.05) is 26.2 Å². The highest BCUT2D eigenvalue weighted by molar-refractivity contribution is 5.88. The number of pyridine rings is 1. The van der Waals surface area contributed by atoms with Gasteiger partial charge < -0.3 is 10.2 Å². The first-order valence-corrected chi connectivity index (χ1v) is 6.07. The Morgan fingerprint density at radius 1 is 1.56 bits per heavy atom. The van der Waals surface area contributed by atoms with Crippen LogP contribution in [0.15, 0.2) is 18.3 Å². The molecule has 1 aromatic rings. The largest absolute Gasteiger partial charge is 0.333 e. The molecule has 5 nitrogen and oxygen atoms in total. The molecule has 0 spiro atoms. The van der Waals surface area contributed by atoms with Crippen molar-refractivity contribution < 1.29 is 9.59 Å². The molecule has 1 aromatic heterocycles. The summed E-state index contributed by atoms with van der Waals surface area (Å²) >= 11 is 0. The van der Waals surface area contributed by atoms with Crippen LogP contribution in [-0.4, -0.2) is 47.8 Å². The van der Waals surface area contributed by atoms with E-state index < -0.39 is 0 Å². The zero-order valence-electron chi connectivity index (χ0n) is 10.5. The molecule has 1 fully saturated rings. The van der Waals surface area contributed by atoms with Crippen LogP contribution in [0.25, 0.3) is 0 Å². The lowest BCUT2D eigenvalue weighted by atomic mass is 10.1. The first kappa shape index (κ1) is 12.7. The lowest BCUT2D eigenvalue weighted by Gasteiger charge is -2.26. The second-order valence-electron chi connectivity index (χ2n) is 4.53. The third-order valence-electron chi connectivity index (χ3n) is 2.90. The molecule has 0 saturated carbocycles. The first-order chi connectivity index (χ1) is 8.65. The monoisotopic (exact) mass is 247 g/mol. The summed E-state index contributed by atoms with van der Waals surface area (Å²) in [6.07, 6.45) is 1.99. The highest BCUT2D eigenvalue weighted by atomic mass is 16.2. The Kier molecular flexibility index (Phi) is 4.04. The fraction of sp³-hybridized carbons (Fsp3) is 0.462. The molecule has 96 valence electrons. The zero-order chi connectivity index (χ0) is 13.0. The summed E-state index contributed by atoms with van der Waals surface area (Å²) < 4.78 is 0. The lowest BCUT2D eigenvalue weighted by Crippen LogP contribution is -2.49. The number of aromatic nitrogens is 1. The van der Waals surface area contributed by atoms with Crippen LogP contribution in [0.5, 0.6) is 0 Å². The molecule has 0 bridgehead atoms. The van der Waals surface area contributed by atoms with Gasteiger partial charge >= 0.3 is 0 Å². The Morgan fingerprint density at radius 2 is 2.39 bits per heavy atom. The number of nitrogens with zero attached hydrogens (tertiary/aromatic N) is 2. The van der Waals surface area contributed by atoms with Gasteiger partial charge in [0.15, 0.2) is 5.78 Å². The normalized spacial score (nSPS) is 15.8. The summed E-state index contributed by atoms with van der Waals surface area (Å²) in [5.74, 6) is 0.0233. The van der Waals surface area contributed by atoms with Gasteiger partial charge in [0, 0.05) is 25.0 Å². The third-order valence-corrected chi connectivity index (χ3v) is 2.90. The van der Waals surface area contributed by atoms with Gasteiger partial charge in [0.25, 0.3) is 0 Å². The highest BCUT2D eigenvalue weighted by Gasteiger charge is 2.20. The Balaban J connectivity index is 1.90. The number of rotatable bonds is 4. The van der Waals surface area contributed by atoms with E-state index in [2.05, 4.69) is 10.3 Å². The van der Waals surface area contributed by atoms with E-state index in [1.807, 2.05) is 19.1 Å². The third kappa shape index (κ3) is 3.37. The maximum absolute atomic E-state index is 11.9. The Labute approximate surface area is 106 Å². The number of nitrogens with one attached hydrogen (secondary N) is 1. The number of ketones is 1. The van der Waals surface area contributed by atoms with Crippen molar-refractivity contribution in [1.29, 1.82) is 0 Å². The predicted octanol–water partition coefficient (Wildman–Crippen LogP) is -0.0666. The quantitative estimate of drug-likeness (QED) is 0.809. The minimum atomic E-state index is -0.00759. The lowest BCUT2D eigenvalue weighted by molar-refractivity contribution is -0.135. The number of carbonyl (C=O) groups excluding carboxylic acids is 2. The topological polar surface area (TPSA) is 62.3 Å². The summed E-state index contributed by atoms with van der Waals surface area (Å²) in [6.45, 7) is 3.84. The molecule has 0 aliphatic carbocycles. The molecular weight excluding hydrogens is 230 g/mol. The van der Waals surface area contributed by atoms with Gasteiger partial charge in [-0.05, 0) is 24.6 Å². The summed E-state index contributed by atoms with van der Waals surface area (Å²) in [7, 11) is 0. The summed E-state index contributed by atoms with van der Waals surface area (Å²) in [6, 6.07) is 3.80. The minimum Gasteiger partial charge on any atom is -0.333 e. The second kappa shape index (κ2) is 5.73. The number of piperazine rings is 1. The van der Waals surface area contributed by atoms with Crippen molar-refractivity contribution in [1.82, 2.24) is 15.2 Å². The molecule has 1 N–H and O–H groups in total. The predicted molar refractivity (Wildman–Crippen MR) is 67.1 cm³/mol. The Hall–Kier alpha value is -1.75. The average Bonchev–Trinajstić information content (AvgIpc) is 2.32. The zero-order valence-corrected chi connectivity index (χ0v) is 10.5. The number of amides is 1. The van der Waals surface area contributed by atoms with Crippen molar-refractivity contribution in [3.8, 4) is 0 Å². The summed E-state index contributed by atoms with van der Waals surface area (Å²) in [4.78, 5) is 29.2. The van der Waals surface area contributed by atoms with E-state index >= 15 is 0 Å². The average molecular weight is 247 g/mol. The van der Waals surface area contributed by atoms with Crippen LogP contribution < -0.4 is 5.32 Å². The molecule has 1 amide bonds. The minimum absolute atomic E-state index is 0.00759. The van der Waals surface area contributed by atoms with Crippen molar-refractivity contribution in [3.05, 3.63) is 29.6 Å². The van der Waals surface area contributed by atoms with Gasteiger partial charge in [0.05, 0.1) is 19.5 Å². The second-order valence-corrected chi connectivity index (χ2v) is 4.53. The molecule has 18 heavy (non-hydrogen) atoms. The fourth-order valence-electron chi connectivity index (χ4n) is 1.98. The van der Waals surface area contributed by atoms with Gasteiger partial charge in [-0.1, -0.05) is 0 Å². The van der Waals surface area contributed by atoms with Gasteiger partial charge in [-0.3, -0.25) is 14.6 Å². The van der Waals surface area contributed by atoms with E-state index in [0.29, 0.717) is 19.5 Å². The van der Waals surface area contributed by atoms with E-state index in [1.54, 1.807) is 11.1 Å². The molecule has 0 unspecified atom stereocenters. The van der Waals surface area contributed by atoms with Crippen molar-refractivity contribution in [2.24, 2.45) is 0 Å². The van der Waals surface area contributed by atoms with Crippen molar-refractivity contribution in [2.45, 2.75) is 13.3 Å². The van der Waals surface area contributed by atoms with Gasteiger partial charge in [0.1, 0.15) is 0 Å². The fourth-order valence-corrected chi connectivity index (χ4v) is 1.98. The van der Waals surface area contributed by atoms with Crippen LogP contribution in [0.4, 0.5) is 0 Å². The van der Waals surface area contributed by atoms with E-state index in [1.165, 1.54) is 0 Å². The van der Waals surface area contributed by atoms with Gasteiger partial charge in [-0.15, -0.1) is 0 Å². The number of aryl methyl sites for hydroxylation is 1. The molecule has 1 saturated heterocycles. The van der Waals surface area contributed by atoms with E-state index in [9.17, 15) is 9.59 Å². The van der Waals surface area contributed by atoms with Crippen LogP contribution in [0.2, 0.25) is 0 Å². The summed E-state index contributed by atoms with van der Waals surface area (Å²) in [5, 5.41) is 2.98. The Bertz CT molecular complexity index is 459. The summed E-state index contributed by atoms with van der Waals surface area (Å²) in [5.41, 5.74) is 1.86. The van der Waals surface area contributed by atoms with Crippen LogP contribution >= 0.6 is 0 Å². The first-order valence-electron chi connectivity index (χ1n) is 6.07.